The molecule has 0 atom stereocenters. The molecule has 0 fully saturated rings. The molecule has 1 aliphatic heterocycles. The number of hydrogen-bond acceptors (Lipinski definition) is 6. The van der Waals surface area contributed by atoms with Gasteiger partial charge in [0.2, 0.25) is 0 Å². The van der Waals surface area contributed by atoms with Crippen molar-refractivity contribution in [3.8, 4) is 0 Å². The quantitative estimate of drug-likeness (QED) is 0.779. The minimum absolute atomic E-state index is 0.146. The van der Waals surface area contributed by atoms with E-state index >= 15 is 0 Å². The molecule has 3 aromatic rings. The first-order valence-electron chi connectivity index (χ1n) is 7.99. The number of hydrogen-bond donors (Lipinski definition) is 1. The van der Waals surface area contributed by atoms with E-state index in [1.807, 2.05) is 43.3 Å². The van der Waals surface area contributed by atoms with Crippen molar-refractivity contribution < 1.29 is 8.42 Å². The van der Waals surface area contributed by atoms with Gasteiger partial charge in [-0.2, -0.15) is 0 Å². The lowest BCUT2D eigenvalue weighted by Crippen LogP contribution is -2.08. The van der Waals surface area contributed by atoms with E-state index in [2.05, 4.69) is 15.3 Å². The fourth-order valence-corrected chi connectivity index (χ4v) is 4.71. The predicted octanol–water partition coefficient (Wildman–Crippen LogP) is 2.77. The lowest BCUT2D eigenvalue weighted by atomic mass is 10.1. The second kappa shape index (κ2) is 5.70. The highest BCUT2D eigenvalue weighted by molar-refractivity contribution is 7.91. The van der Waals surface area contributed by atoms with Crippen LogP contribution in [0.1, 0.15) is 5.56 Å². The highest BCUT2D eigenvalue weighted by Gasteiger charge is 2.29. The van der Waals surface area contributed by atoms with Gasteiger partial charge in [0.15, 0.2) is 9.84 Å². The summed E-state index contributed by atoms with van der Waals surface area (Å²) in [7, 11) is 0.790. The summed E-state index contributed by atoms with van der Waals surface area (Å²) < 4.78 is 24.4. The molecule has 6 nitrogen and oxygen atoms in total. The maximum absolute atomic E-state index is 12.2. The summed E-state index contributed by atoms with van der Waals surface area (Å²) in [5, 5.41) is 4.10. The molecular weight excluding hydrogens is 336 g/mol. The zero-order valence-corrected chi connectivity index (χ0v) is 14.8. The lowest BCUT2D eigenvalue weighted by molar-refractivity contribution is 0.600. The molecule has 1 N–H and O–H groups in total. The molecule has 0 saturated heterocycles. The zero-order valence-electron chi connectivity index (χ0n) is 14.0. The van der Waals surface area contributed by atoms with Crippen LogP contribution in [0.5, 0.6) is 0 Å². The van der Waals surface area contributed by atoms with Crippen LogP contribution in [0.3, 0.4) is 0 Å². The van der Waals surface area contributed by atoms with Crippen molar-refractivity contribution >= 4 is 37.9 Å². The van der Waals surface area contributed by atoms with E-state index in [-0.39, 0.29) is 5.75 Å². The molecule has 0 spiro atoms. The van der Waals surface area contributed by atoms with Gasteiger partial charge >= 0.3 is 0 Å². The first-order valence-corrected chi connectivity index (χ1v) is 9.65. The van der Waals surface area contributed by atoms with E-state index in [0.717, 1.165) is 27.8 Å². The largest absolute Gasteiger partial charge is 0.378 e. The first kappa shape index (κ1) is 15.8. The Labute approximate surface area is 146 Å². The Kier molecular flexibility index (Phi) is 3.61. The predicted molar refractivity (Wildman–Crippen MR) is 99.3 cm³/mol. The van der Waals surface area contributed by atoms with E-state index in [0.29, 0.717) is 17.1 Å². The molecule has 0 unspecified atom stereocenters. The lowest BCUT2D eigenvalue weighted by Gasteiger charge is -2.14. The molecule has 1 aliphatic rings. The summed E-state index contributed by atoms with van der Waals surface area (Å²) in [5.74, 6) is 0.782. The molecule has 2 heterocycles. The van der Waals surface area contributed by atoms with Gasteiger partial charge in [-0.05, 0) is 48.4 Å². The first-order chi connectivity index (χ1) is 12.0. The Balaban J connectivity index is 1.81. The van der Waals surface area contributed by atoms with Gasteiger partial charge in [0.05, 0.1) is 16.2 Å². The molecule has 0 radical (unpaired) electrons. The number of fused-ring (bicyclic) bond motifs is 3. The number of aromatic nitrogens is 2. The van der Waals surface area contributed by atoms with Crippen LogP contribution in [0, 0.1) is 0 Å². The van der Waals surface area contributed by atoms with Crippen LogP contribution >= 0.6 is 0 Å². The van der Waals surface area contributed by atoms with Gasteiger partial charge < -0.3 is 10.2 Å². The van der Waals surface area contributed by atoms with Crippen LogP contribution in [0.15, 0.2) is 47.6 Å². The summed E-state index contributed by atoms with van der Waals surface area (Å²) in [5.41, 5.74) is 3.55. The molecule has 25 heavy (non-hydrogen) atoms. The standard InChI is InChI=1S/C18H18N4O2S/c1-22(2)13-5-3-12(4-6-13)21-18-17-14-9-10-25(23,24)16(14)8-7-15(17)19-11-20-18/h3-8,11H,9-10H2,1-2H3,(H,19,20,21). The van der Waals surface area contributed by atoms with E-state index in [9.17, 15) is 8.42 Å². The summed E-state index contributed by atoms with van der Waals surface area (Å²) >= 11 is 0. The molecule has 0 saturated carbocycles. The molecule has 2 aromatic carbocycles. The fourth-order valence-electron chi connectivity index (χ4n) is 3.16. The molecular formula is C18H18N4O2S. The van der Waals surface area contributed by atoms with Crippen molar-refractivity contribution in [1.29, 1.82) is 0 Å². The van der Waals surface area contributed by atoms with Gasteiger partial charge in [0.25, 0.3) is 0 Å². The van der Waals surface area contributed by atoms with Crippen LogP contribution in [0.4, 0.5) is 17.2 Å². The van der Waals surface area contributed by atoms with Crippen molar-refractivity contribution in [2.45, 2.75) is 11.3 Å². The smallest absolute Gasteiger partial charge is 0.179 e. The minimum atomic E-state index is -3.19. The second-order valence-electron chi connectivity index (χ2n) is 6.29. The third-order valence-corrected chi connectivity index (χ3v) is 6.26. The molecule has 0 bridgehead atoms. The van der Waals surface area contributed by atoms with Gasteiger partial charge in [-0.15, -0.1) is 0 Å². The fraction of sp³-hybridized carbons (Fsp3) is 0.222. The number of aryl methyl sites for hydroxylation is 1. The summed E-state index contributed by atoms with van der Waals surface area (Å²) in [6.45, 7) is 0. The normalized spacial score (nSPS) is 15.1. The Morgan fingerprint density at radius 3 is 2.52 bits per heavy atom. The summed E-state index contributed by atoms with van der Waals surface area (Å²) in [4.78, 5) is 11.1. The van der Waals surface area contributed by atoms with Crippen LogP contribution in [0.2, 0.25) is 0 Å². The number of nitrogens with one attached hydrogen (secondary N) is 1. The third kappa shape index (κ3) is 2.70. The number of benzene rings is 2. The average molecular weight is 354 g/mol. The summed E-state index contributed by atoms with van der Waals surface area (Å²) in [6, 6.07) is 11.4. The SMILES string of the molecule is CN(C)c1ccc(Nc2ncnc3ccc4c(c23)CCS4(=O)=O)cc1. The Morgan fingerprint density at radius 2 is 1.80 bits per heavy atom. The Morgan fingerprint density at radius 1 is 1.04 bits per heavy atom. The Bertz CT molecular complexity index is 1060. The van der Waals surface area contributed by atoms with Gasteiger partial charge in [0, 0.05) is 30.9 Å². The molecule has 0 aliphatic carbocycles. The third-order valence-electron chi connectivity index (χ3n) is 4.47. The molecule has 0 amide bonds. The second-order valence-corrected chi connectivity index (χ2v) is 8.37. The minimum Gasteiger partial charge on any atom is -0.378 e. The number of nitrogens with zero attached hydrogens (tertiary/aromatic N) is 3. The molecule has 1 aromatic heterocycles. The van der Waals surface area contributed by atoms with Crippen molar-refractivity contribution in [1.82, 2.24) is 9.97 Å². The van der Waals surface area contributed by atoms with Crippen LogP contribution in [0.25, 0.3) is 10.9 Å². The zero-order chi connectivity index (χ0) is 17.6. The van der Waals surface area contributed by atoms with Gasteiger partial charge in [0.1, 0.15) is 12.1 Å². The molecule has 4 rings (SSSR count). The number of anilines is 3. The van der Waals surface area contributed by atoms with E-state index < -0.39 is 9.84 Å². The maximum atomic E-state index is 12.2. The Hall–Kier alpha value is -2.67. The van der Waals surface area contributed by atoms with E-state index in [4.69, 9.17) is 0 Å². The van der Waals surface area contributed by atoms with Crippen LogP contribution in [-0.4, -0.2) is 38.2 Å². The topological polar surface area (TPSA) is 75.2 Å². The molecule has 128 valence electrons. The van der Waals surface area contributed by atoms with Crippen LogP contribution in [-0.2, 0) is 16.3 Å². The monoisotopic (exact) mass is 354 g/mol. The molecule has 7 heteroatoms. The van der Waals surface area contributed by atoms with Gasteiger partial charge in [-0.1, -0.05) is 0 Å². The highest BCUT2D eigenvalue weighted by Crippen LogP contribution is 2.35. The maximum Gasteiger partial charge on any atom is 0.179 e. The van der Waals surface area contributed by atoms with Crippen molar-refractivity contribution in [2.24, 2.45) is 0 Å². The van der Waals surface area contributed by atoms with Crippen LogP contribution < -0.4 is 10.2 Å². The van der Waals surface area contributed by atoms with Crippen molar-refractivity contribution in [3.63, 3.8) is 0 Å². The highest BCUT2D eigenvalue weighted by atomic mass is 32.2. The average Bonchev–Trinajstić information content (AvgIpc) is 2.91. The van der Waals surface area contributed by atoms with Crippen molar-refractivity contribution in [2.75, 3.05) is 30.1 Å². The van der Waals surface area contributed by atoms with E-state index in [1.165, 1.54) is 6.33 Å². The van der Waals surface area contributed by atoms with E-state index in [1.54, 1.807) is 12.1 Å². The van der Waals surface area contributed by atoms with Gasteiger partial charge in [-0.3, -0.25) is 0 Å². The van der Waals surface area contributed by atoms with Gasteiger partial charge in [-0.25, -0.2) is 18.4 Å². The summed E-state index contributed by atoms with van der Waals surface area (Å²) in [6.07, 6.45) is 1.99. The number of sulfone groups is 1. The number of rotatable bonds is 3. The van der Waals surface area contributed by atoms with Crippen molar-refractivity contribution in [3.05, 3.63) is 48.3 Å².